The summed E-state index contributed by atoms with van der Waals surface area (Å²) in [6.45, 7) is 0. The van der Waals surface area contributed by atoms with Gasteiger partial charge in [0, 0.05) is 0 Å². The summed E-state index contributed by atoms with van der Waals surface area (Å²) in [4.78, 5) is 10.2. The van der Waals surface area contributed by atoms with E-state index < -0.39 is 5.82 Å². The molecule has 80 valence electrons. The van der Waals surface area contributed by atoms with Crippen LogP contribution in [0.15, 0.2) is 18.2 Å². The van der Waals surface area contributed by atoms with Crippen molar-refractivity contribution in [3.05, 3.63) is 29.6 Å². The van der Waals surface area contributed by atoms with Crippen molar-refractivity contribution < 1.29 is 18.7 Å². The molecule has 1 aromatic rings. The van der Waals surface area contributed by atoms with Crippen LogP contribution in [0.5, 0.6) is 11.5 Å². The van der Waals surface area contributed by atoms with Crippen LogP contribution in [-0.4, -0.2) is 20.5 Å². The van der Waals surface area contributed by atoms with Gasteiger partial charge in [0.1, 0.15) is 12.0 Å². The molecule has 0 N–H and O–H groups in total. The molecule has 3 nitrogen and oxygen atoms in total. The number of carbonyl (C=O) groups excluding carboxylic acids is 1. The van der Waals surface area contributed by atoms with E-state index in [1.54, 1.807) is 0 Å². The fourth-order valence-electron chi connectivity index (χ4n) is 1.23. The summed E-state index contributed by atoms with van der Waals surface area (Å²) in [7, 11) is 2.82. The van der Waals surface area contributed by atoms with Crippen LogP contribution in [0, 0.1) is 5.82 Å². The number of methoxy groups -OCH3 is 2. The van der Waals surface area contributed by atoms with Gasteiger partial charge in [-0.25, -0.2) is 4.39 Å². The summed E-state index contributed by atoms with van der Waals surface area (Å²) in [5.41, 5.74) is 0.409. The minimum absolute atomic E-state index is 0.0625. The van der Waals surface area contributed by atoms with E-state index in [2.05, 4.69) is 0 Å². The van der Waals surface area contributed by atoms with Gasteiger partial charge in [0.05, 0.1) is 19.8 Å². The van der Waals surface area contributed by atoms with Crippen LogP contribution in [0.4, 0.5) is 4.39 Å². The van der Waals surface area contributed by atoms with E-state index in [1.807, 2.05) is 0 Å². The first-order chi connectivity index (χ1) is 7.24. The monoisotopic (exact) mass is 210 g/mol. The number of ether oxygens (including phenoxy) is 2. The lowest BCUT2D eigenvalue weighted by Crippen LogP contribution is -1.95. The van der Waals surface area contributed by atoms with Crippen molar-refractivity contribution in [3.63, 3.8) is 0 Å². The molecule has 0 aromatic heterocycles. The summed E-state index contributed by atoms with van der Waals surface area (Å²) in [6, 6.07) is 2.72. The molecular formula is C11H11FO3. The maximum absolute atomic E-state index is 13.3. The molecule has 0 saturated carbocycles. The molecule has 1 rings (SSSR count). The number of aldehydes is 1. The third kappa shape index (κ3) is 2.34. The van der Waals surface area contributed by atoms with Gasteiger partial charge in [-0.15, -0.1) is 0 Å². The lowest BCUT2D eigenvalue weighted by atomic mass is 10.1. The molecule has 0 radical (unpaired) electrons. The van der Waals surface area contributed by atoms with Crippen molar-refractivity contribution in [1.82, 2.24) is 0 Å². The number of rotatable bonds is 4. The third-order valence-corrected chi connectivity index (χ3v) is 1.87. The average molecular weight is 210 g/mol. The van der Waals surface area contributed by atoms with Crippen LogP contribution in [0.25, 0.3) is 6.08 Å². The predicted molar refractivity (Wildman–Crippen MR) is 54.6 cm³/mol. The molecule has 0 fully saturated rings. The Labute approximate surface area is 87.1 Å². The van der Waals surface area contributed by atoms with E-state index in [0.29, 0.717) is 17.6 Å². The first-order valence-corrected chi connectivity index (χ1v) is 4.27. The first kappa shape index (κ1) is 11.2. The molecule has 0 aliphatic rings. The Hall–Kier alpha value is -1.84. The molecule has 0 atom stereocenters. The van der Waals surface area contributed by atoms with Crippen molar-refractivity contribution >= 4 is 12.4 Å². The van der Waals surface area contributed by atoms with Crippen LogP contribution >= 0.6 is 0 Å². The van der Waals surface area contributed by atoms with E-state index in [0.717, 1.165) is 0 Å². The Kier molecular flexibility index (Phi) is 3.85. The molecule has 15 heavy (non-hydrogen) atoms. The second kappa shape index (κ2) is 5.14. The highest BCUT2D eigenvalue weighted by molar-refractivity contribution is 5.77. The van der Waals surface area contributed by atoms with Crippen LogP contribution < -0.4 is 9.47 Å². The molecule has 0 aliphatic carbocycles. The summed E-state index contributed by atoms with van der Waals surface area (Å²) >= 11 is 0. The molecule has 0 heterocycles. The molecule has 4 heteroatoms. The second-order valence-corrected chi connectivity index (χ2v) is 2.69. The third-order valence-electron chi connectivity index (χ3n) is 1.87. The number of hydrogen-bond donors (Lipinski definition) is 0. The summed E-state index contributed by atoms with van der Waals surface area (Å²) in [6.07, 6.45) is 3.29. The topological polar surface area (TPSA) is 35.5 Å². The van der Waals surface area contributed by atoms with Gasteiger partial charge in [-0.3, -0.25) is 4.79 Å². The van der Waals surface area contributed by atoms with E-state index in [4.69, 9.17) is 9.47 Å². The molecular weight excluding hydrogens is 199 g/mol. The number of carbonyl (C=O) groups is 1. The van der Waals surface area contributed by atoms with Gasteiger partial charge in [0.25, 0.3) is 0 Å². The van der Waals surface area contributed by atoms with Crippen LogP contribution in [0.3, 0.4) is 0 Å². The predicted octanol–water partition coefficient (Wildman–Crippen LogP) is 2.05. The average Bonchev–Trinajstić information content (AvgIpc) is 2.26. The van der Waals surface area contributed by atoms with Gasteiger partial charge in [-0.2, -0.15) is 0 Å². The molecule has 0 unspecified atom stereocenters. The minimum atomic E-state index is -0.496. The molecule has 0 aliphatic heterocycles. The number of hydrogen-bond acceptors (Lipinski definition) is 3. The van der Waals surface area contributed by atoms with Crippen molar-refractivity contribution in [1.29, 1.82) is 0 Å². The number of allylic oxidation sites excluding steroid dienone is 1. The smallest absolute Gasteiger partial charge is 0.165 e. The van der Waals surface area contributed by atoms with Gasteiger partial charge in [0.15, 0.2) is 11.6 Å². The van der Waals surface area contributed by atoms with Gasteiger partial charge < -0.3 is 9.47 Å². The van der Waals surface area contributed by atoms with Crippen molar-refractivity contribution in [3.8, 4) is 11.5 Å². The Morgan fingerprint density at radius 1 is 1.27 bits per heavy atom. The fourth-order valence-corrected chi connectivity index (χ4v) is 1.23. The summed E-state index contributed by atoms with van der Waals surface area (Å²) in [5, 5.41) is 0. The van der Waals surface area contributed by atoms with Crippen LogP contribution in [0.1, 0.15) is 5.56 Å². The fraction of sp³-hybridized carbons (Fsp3) is 0.182. The Morgan fingerprint density at radius 3 is 2.53 bits per heavy atom. The Morgan fingerprint density at radius 2 is 2.00 bits per heavy atom. The lowest BCUT2D eigenvalue weighted by Gasteiger charge is -2.10. The van der Waals surface area contributed by atoms with Gasteiger partial charge in [0.2, 0.25) is 0 Å². The van der Waals surface area contributed by atoms with Gasteiger partial charge in [-0.1, -0.05) is 0 Å². The summed E-state index contributed by atoms with van der Waals surface area (Å²) in [5.74, 6) is 0.0163. The van der Waals surface area contributed by atoms with E-state index >= 15 is 0 Å². The molecule has 1 aromatic carbocycles. The summed E-state index contributed by atoms with van der Waals surface area (Å²) < 4.78 is 23.2. The van der Waals surface area contributed by atoms with Gasteiger partial charge >= 0.3 is 0 Å². The van der Waals surface area contributed by atoms with E-state index in [9.17, 15) is 9.18 Å². The van der Waals surface area contributed by atoms with Gasteiger partial charge in [-0.05, 0) is 24.3 Å². The largest absolute Gasteiger partial charge is 0.496 e. The van der Waals surface area contributed by atoms with Crippen LogP contribution in [0.2, 0.25) is 0 Å². The standard InChI is InChI=1S/C11H11FO3/c1-14-10-6-5-9(12)11(15-2)8(10)4-3-7-13/h3-7H,1-2H3/b4-3+. The zero-order valence-corrected chi connectivity index (χ0v) is 8.49. The highest BCUT2D eigenvalue weighted by atomic mass is 19.1. The zero-order chi connectivity index (χ0) is 11.3. The maximum Gasteiger partial charge on any atom is 0.165 e. The normalized spacial score (nSPS) is 10.3. The zero-order valence-electron chi connectivity index (χ0n) is 8.49. The second-order valence-electron chi connectivity index (χ2n) is 2.69. The Balaban J connectivity index is 3.32. The maximum atomic E-state index is 13.3. The van der Waals surface area contributed by atoms with Crippen molar-refractivity contribution in [2.24, 2.45) is 0 Å². The van der Waals surface area contributed by atoms with Crippen molar-refractivity contribution in [2.45, 2.75) is 0 Å². The molecule has 0 bridgehead atoms. The van der Waals surface area contributed by atoms with E-state index in [-0.39, 0.29) is 5.75 Å². The highest BCUT2D eigenvalue weighted by Crippen LogP contribution is 2.32. The SMILES string of the molecule is COc1ccc(F)c(OC)c1/C=C/C=O. The highest BCUT2D eigenvalue weighted by Gasteiger charge is 2.12. The van der Waals surface area contributed by atoms with E-state index in [1.165, 1.54) is 38.5 Å². The number of halogens is 1. The lowest BCUT2D eigenvalue weighted by molar-refractivity contribution is -0.104. The molecule has 0 amide bonds. The van der Waals surface area contributed by atoms with Crippen LogP contribution in [-0.2, 0) is 4.79 Å². The first-order valence-electron chi connectivity index (χ1n) is 4.27. The number of benzene rings is 1. The quantitative estimate of drug-likeness (QED) is 0.563. The minimum Gasteiger partial charge on any atom is -0.496 e. The molecule has 0 spiro atoms. The van der Waals surface area contributed by atoms with Crippen molar-refractivity contribution in [2.75, 3.05) is 14.2 Å². The Bertz CT molecular complexity index is 386. The molecule has 0 saturated heterocycles.